The number of methoxy groups -OCH3 is 2. The Bertz CT molecular complexity index is 2470. The van der Waals surface area contributed by atoms with Crippen molar-refractivity contribution in [1.82, 2.24) is 27.9 Å². The zero-order valence-electron chi connectivity index (χ0n) is 31.1. The number of fused-ring (bicyclic) bond motifs is 2. The molecule has 0 bridgehead atoms. The van der Waals surface area contributed by atoms with Gasteiger partial charge in [-0.15, -0.1) is 0 Å². The molecule has 0 amide bonds. The molecule has 4 heterocycles. The Hall–Kier alpha value is -5.91. The fourth-order valence-corrected chi connectivity index (χ4v) is 5.99. The van der Waals surface area contributed by atoms with Crippen molar-refractivity contribution in [2.45, 2.75) is 51.3 Å². The number of carbonyl (C=O) groups is 2. The van der Waals surface area contributed by atoms with Crippen LogP contribution < -0.4 is 20.9 Å². The van der Waals surface area contributed by atoms with Gasteiger partial charge in [0, 0.05) is 12.1 Å². The third kappa shape index (κ3) is 8.49. The first-order chi connectivity index (χ1) is 27.0. The van der Waals surface area contributed by atoms with Gasteiger partial charge in [0.25, 0.3) is 0 Å². The van der Waals surface area contributed by atoms with Gasteiger partial charge in [-0.25, -0.2) is 24.2 Å². The Morgan fingerprint density at radius 1 is 0.732 bits per heavy atom. The van der Waals surface area contributed by atoms with Crippen LogP contribution in [0.5, 0.6) is 11.5 Å². The summed E-state index contributed by atoms with van der Waals surface area (Å²) in [4.78, 5) is 59.2. The van der Waals surface area contributed by atoms with Crippen molar-refractivity contribution in [1.29, 1.82) is 0 Å². The molecular formula is C38H40BClN6O10. The fourth-order valence-electron chi connectivity index (χ4n) is 5.85. The Balaban J connectivity index is 0.000000165. The predicted octanol–water partition coefficient (Wildman–Crippen LogP) is 4.50. The van der Waals surface area contributed by atoms with Crippen molar-refractivity contribution in [3.05, 3.63) is 117 Å². The highest BCUT2D eigenvalue weighted by Gasteiger charge is 2.33. The number of aromatic nitrogens is 6. The summed E-state index contributed by atoms with van der Waals surface area (Å²) in [5, 5.41) is 16.6. The van der Waals surface area contributed by atoms with E-state index < -0.39 is 24.7 Å². The lowest BCUT2D eigenvalue weighted by Gasteiger charge is -2.08. The van der Waals surface area contributed by atoms with Gasteiger partial charge in [0.15, 0.2) is 11.4 Å². The van der Waals surface area contributed by atoms with Crippen LogP contribution in [0, 0.1) is 0 Å². The zero-order chi connectivity index (χ0) is 40.1. The summed E-state index contributed by atoms with van der Waals surface area (Å²) >= 11 is 5.87. The van der Waals surface area contributed by atoms with E-state index in [1.165, 1.54) is 30.3 Å². The molecule has 0 atom stereocenters. The Morgan fingerprint density at radius 2 is 1.18 bits per heavy atom. The van der Waals surface area contributed by atoms with E-state index in [4.69, 9.17) is 40.6 Å². The van der Waals surface area contributed by atoms with E-state index in [2.05, 4.69) is 9.97 Å². The van der Waals surface area contributed by atoms with Gasteiger partial charge in [0.2, 0.25) is 0 Å². The van der Waals surface area contributed by atoms with E-state index >= 15 is 0 Å². The first kappa shape index (κ1) is 39.8. The van der Waals surface area contributed by atoms with E-state index in [1.807, 2.05) is 0 Å². The molecule has 0 saturated heterocycles. The van der Waals surface area contributed by atoms with Crippen molar-refractivity contribution in [3.63, 3.8) is 0 Å². The summed E-state index contributed by atoms with van der Waals surface area (Å²) in [5.74, 6) is 0.756. The minimum absolute atomic E-state index is 0.0937. The summed E-state index contributed by atoms with van der Waals surface area (Å²) < 4.78 is 25.9. The summed E-state index contributed by atoms with van der Waals surface area (Å²) in [6.07, 6.45) is 10.2. The van der Waals surface area contributed by atoms with Crippen LogP contribution in [-0.2, 0) is 9.47 Å². The standard InChI is InChI=1S/C19H19N3O4.C16H14ClN3O4.C3H7BO2/c1-3-26-18(23)17-16-10-20-15(12-4-5-12)11-21(16)19(24)22(17)13-6-8-14(25-2)9-7-13;1-3-24-15(21)14-12-8-18-13(17)9-19(12)16(22)20(14)10-4-6-11(23-2)7-5-10;5-4(6)3-1-2-3/h6-12H,3-5H2,1-2H3;4-9H,3H2,1-2H3;3,5-6H,1-2H2. The van der Waals surface area contributed by atoms with Gasteiger partial charge < -0.3 is 29.0 Å². The second-order valence-electron chi connectivity index (χ2n) is 12.8. The van der Waals surface area contributed by atoms with Crippen LogP contribution in [0.15, 0.2) is 82.9 Å². The molecule has 8 rings (SSSR count). The molecule has 2 saturated carbocycles. The number of ether oxygens (including phenoxy) is 4. The SMILES string of the molecule is CCOC(=O)c1c2cnc(C3CC3)cn2c(=O)n1-c1ccc(OC)cc1.CCOC(=O)c1c2cnc(Cl)cn2c(=O)n1-c1ccc(OC)cc1.OB(O)C1CC1. The monoisotopic (exact) mass is 786 g/mol. The third-order valence-corrected chi connectivity index (χ3v) is 9.22. The Kier molecular flexibility index (Phi) is 12.3. The predicted molar refractivity (Wildman–Crippen MR) is 207 cm³/mol. The van der Waals surface area contributed by atoms with E-state index in [-0.39, 0.29) is 41.3 Å². The molecule has 4 aromatic heterocycles. The molecule has 2 N–H and O–H groups in total. The van der Waals surface area contributed by atoms with Gasteiger partial charge in [-0.1, -0.05) is 24.4 Å². The zero-order valence-corrected chi connectivity index (χ0v) is 31.9. The van der Waals surface area contributed by atoms with Crippen molar-refractivity contribution in [3.8, 4) is 22.9 Å². The van der Waals surface area contributed by atoms with E-state index in [1.54, 1.807) is 89.0 Å². The maximum Gasteiger partial charge on any atom is 0.454 e. The highest BCUT2D eigenvalue weighted by atomic mass is 35.5. The minimum atomic E-state index is -1.04. The van der Waals surface area contributed by atoms with Crippen LogP contribution in [0.3, 0.4) is 0 Å². The summed E-state index contributed by atoms with van der Waals surface area (Å²) in [6.45, 7) is 3.84. The van der Waals surface area contributed by atoms with Crippen LogP contribution in [-0.4, -0.2) is 84.4 Å². The van der Waals surface area contributed by atoms with Crippen molar-refractivity contribution < 1.29 is 38.6 Å². The second-order valence-corrected chi connectivity index (χ2v) is 13.2. The maximum atomic E-state index is 13.1. The van der Waals surface area contributed by atoms with Crippen LogP contribution in [0.4, 0.5) is 0 Å². The van der Waals surface area contributed by atoms with Crippen molar-refractivity contribution in [2.24, 2.45) is 0 Å². The van der Waals surface area contributed by atoms with Gasteiger partial charge in [0.1, 0.15) is 27.7 Å². The van der Waals surface area contributed by atoms with Gasteiger partial charge >= 0.3 is 30.4 Å². The number of rotatable bonds is 10. The summed E-state index contributed by atoms with van der Waals surface area (Å²) in [5.41, 5.74) is 2.21. The number of hydrogen-bond acceptors (Lipinski definition) is 12. The lowest BCUT2D eigenvalue weighted by molar-refractivity contribution is 0.0509. The molecule has 6 aromatic rings. The Labute approximate surface area is 325 Å². The Morgan fingerprint density at radius 3 is 1.55 bits per heavy atom. The molecule has 2 aliphatic carbocycles. The molecule has 2 fully saturated rings. The summed E-state index contributed by atoms with van der Waals surface area (Å²) in [6, 6.07) is 13.7. The van der Waals surface area contributed by atoms with Crippen LogP contribution >= 0.6 is 11.6 Å². The van der Waals surface area contributed by atoms with Crippen LogP contribution in [0.1, 0.15) is 72.1 Å². The number of nitrogens with zero attached hydrogens (tertiary/aromatic N) is 6. The normalized spacial score (nSPS) is 13.3. The topological polar surface area (TPSA) is 190 Å². The number of benzene rings is 2. The van der Waals surface area contributed by atoms with Gasteiger partial charge in [-0.2, -0.15) is 0 Å². The van der Waals surface area contributed by atoms with Gasteiger partial charge in [0.05, 0.1) is 63.1 Å². The molecule has 0 spiro atoms. The van der Waals surface area contributed by atoms with Crippen LogP contribution in [0.25, 0.3) is 22.4 Å². The lowest BCUT2D eigenvalue weighted by atomic mass is 9.84. The minimum Gasteiger partial charge on any atom is -0.497 e. The molecule has 2 aliphatic rings. The average molecular weight is 787 g/mol. The molecular weight excluding hydrogens is 747 g/mol. The number of imidazole rings is 2. The highest BCUT2D eigenvalue weighted by Crippen LogP contribution is 2.39. The third-order valence-electron chi connectivity index (χ3n) is 9.03. The number of esters is 2. The fraction of sp³-hybridized carbons (Fsp3) is 0.316. The molecule has 0 radical (unpaired) electrons. The van der Waals surface area contributed by atoms with Crippen molar-refractivity contribution in [2.75, 3.05) is 27.4 Å². The number of hydrogen-bond donors (Lipinski definition) is 2. The molecule has 16 nitrogen and oxygen atoms in total. The average Bonchev–Trinajstić information content (AvgIpc) is 4.15. The molecule has 292 valence electrons. The van der Waals surface area contributed by atoms with Gasteiger partial charge in [-0.05, 0) is 81.0 Å². The molecule has 0 aliphatic heterocycles. The smallest absolute Gasteiger partial charge is 0.454 e. The maximum absolute atomic E-state index is 13.1. The molecule has 18 heteroatoms. The second kappa shape index (κ2) is 17.3. The molecule has 0 unspecified atom stereocenters. The first-order valence-electron chi connectivity index (χ1n) is 17.9. The summed E-state index contributed by atoms with van der Waals surface area (Å²) in [7, 11) is 2.08. The number of carbonyl (C=O) groups excluding carboxylic acids is 2. The first-order valence-corrected chi connectivity index (χ1v) is 18.3. The molecule has 2 aromatic carbocycles. The number of halogens is 1. The van der Waals surface area contributed by atoms with Crippen LogP contribution in [0.2, 0.25) is 11.0 Å². The molecule has 56 heavy (non-hydrogen) atoms. The van der Waals surface area contributed by atoms with E-state index in [0.29, 0.717) is 39.8 Å². The van der Waals surface area contributed by atoms with Crippen molar-refractivity contribution >= 4 is 41.7 Å². The quantitative estimate of drug-likeness (QED) is 0.146. The largest absolute Gasteiger partial charge is 0.497 e. The van der Waals surface area contributed by atoms with Gasteiger partial charge in [-0.3, -0.25) is 22.9 Å². The van der Waals surface area contributed by atoms with E-state index in [9.17, 15) is 19.2 Å². The highest BCUT2D eigenvalue weighted by molar-refractivity contribution is 6.44. The van der Waals surface area contributed by atoms with E-state index in [0.717, 1.165) is 31.4 Å². The lowest BCUT2D eigenvalue weighted by Crippen LogP contribution is -2.22.